The number of phenolic OH excluding ortho intramolecular Hbond substituents is 4. The zero-order chi connectivity index (χ0) is 17.0. The molecule has 0 saturated carbocycles. The highest BCUT2D eigenvalue weighted by Gasteiger charge is 2.24. The van der Waals surface area contributed by atoms with E-state index in [1.165, 1.54) is 6.92 Å². The van der Waals surface area contributed by atoms with Crippen molar-refractivity contribution in [2.24, 2.45) is 0 Å². The molecule has 0 aliphatic rings. The Morgan fingerprint density at radius 3 is 2.26 bits per heavy atom. The van der Waals surface area contributed by atoms with Crippen LogP contribution in [-0.4, -0.2) is 31.5 Å². The second-order valence-electron chi connectivity index (χ2n) is 5.00. The van der Waals surface area contributed by atoms with E-state index in [1.54, 1.807) is 0 Å². The summed E-state index contributed by atoms with van der Waals surface area (Å²) in [5.41, 5.74) is -1.64. The first-order valence-corrected chi connectivity index (χ1v) is 6.34. The maximum Gasteiger partial charge on any atom is 0.344 e. The first-order chi connectivity index (χ1) is 10.7. The van der Waals surface area contributed by atoms with Crippen molar-refractivity contribution in [1.29, 1.82) is 0 Å². The van der Waals surface area contributed by atoms with Gasteiger partial charge in [0.1, 0.15) is 0 Å². The van der Waals surface area contributed by atoms with Crippen LogP contribution in [0.2, 0.25) is 0 Å². The quantitative estimate of drug-likeness (QED) is 0.259. The van der Waals surface area contributed by atoms with Crippen LogP contribution in [0.15, 0.2) is 21.3 Å². The van der Waals surface area contributed by atoms with E-state index in [9.17, 15) is 35.1 Å². The van der Waals surface area contributed by atoms with Crippen molar-refractivity contribution in [3.05, 3.63) is 33.7 Å². The van der Waals surface area contributed by atoms with Gasteiger partial charge in [-0.05, 0) is 24.6 Å². The molecule has 118 valence electrons. The molecule has 5 N–H and O–H groups in total. The number of carboxylic acids is 1. The number of benzene rings is 2. The Bertz CT molecular complexity index is 1060. The van der Waals surface area contributed by atoms with Crippen molar-refractivity contribution in [2.45, 2.75) is 6.92 Å². The fraction of sp³-hybridized carbons (Fsp3) is 0.0667. The summed E-state index contributed by atoms with van der Waals surface area (Å²) in [4.78, 5) is 23.5. The Labute approximate surface area is 127 Å². The molecule has 0 fully saturated rings. The predicted octanol–water partition coefficient (Wildman–Crippen LogP) is 1.78. The molecule has 2 aromatic carbocycles. The summed E-state index contributed by atoms with van der Waals surface area (Å²) in [6.45, 7) is 1.42. The predicted molar refractivity (Wildman–Crippen MR) is 78.3 cm³/mol. The summed E-state index contributed by atoms with van der Waals surface area (Å²) in [6, 6.07) is 1.99. The third-order valence-corrected chi connectivity index (χ3v) is 3.60. The van der Waals surface area contributed by atoms with Crippen LogP contribution in [0, 0.1) is 6.92 Å². The molecule has 0 radical (unpaired) electrons. The zero-order valence-corrected chi connectivity index (χ0v) is 11.6. The first-order valence-electron chi connectivity index (χ1n) is 6.34. The normalized spacial score (nSPS) is 11.2. The van der Waals surface area contributed by atoms with Crippen LogP contribution < -0.4 is 5.63 Å². The van der Waals surface area contributed by atoms with E-state index in [4.69, 9.17) is 4.42 Å². The van der Waals surface area contributed by atoms with Gasteiger partial charge >= 0.3 is 11.6 Å². The Morgan fingerprint density at radius 2 is 1.65 bits per heavy atom. The number of hydrogen-bond donors (Lipinski definition) is 5. The molecule has 1 heterocycles. The van der Waals surface area contributed by atoms with Gasteiger partial charge in [0.15, 0.2) is 22.8 Å². The van der Waals surface area contributed by atoms with Gasteiger partial charge in [0.05, 0.1) is 10.9 Å². The van der Waals surface area contributed by atoms with Crippen LogP contribution in [0.1, 0.15) is 15.9 Å². The molecule has 0 saturated heterocycles. The van der Waals surface area contributed by atoms with Crippen LogP contribution in [0.25, 0.3) is 21.7 Å². The van der Waals surface area contributed by atoms with E-state index in [1.807, 2.05) is 0 Å². The Hall–Kier alpha value is -3.42. The van der Waals surface area contributed by atoms with Crippen molar-refractivity contribution >= 4 is 27.7 Å². The van der Waals surface area contributed by atoms with Crippen molar-refractivity contribution in [2.75, 3.05) is 0 Å². The number of phenols is 4. The fourth-order valence-electron chi connectivity index (χ4n) is 2.50. The molecule has 8 heteroatoms. The number of carbonyl (C=O) groups is 1. The van der Waals surface area contributed by atoms with Crippen LogP contribution >= 0.6 is 0 Å². The first kappa shape index (κ1) is 14.5. The molecule has 0 aliphatic heterocycles. The van der Waals surface area contributed by atoms with Crippen LogP contribution in [0.3, 0.4) is 0 Å². The average Bonchev–Trinajstić information content (AvgIpc) is 2.49. The average molecular weight is 318 g/mol. The molecular weight excluding hydrogens is 308 g/mol. The van der Waals surface area contributed by atoms with Crippen LogP contribution in [-0.2, 0) is 0 Å². The highest BCUT2D eigenvalue weighted by atomic mass is 16.4. The van der Waals surface area contributed by atoms with Gasteiger partial charge in [0, 0.05) is 10.8 Å². The lowest BCUT2D eigenvalue weighted by Crippen LogP contribution is -2.05. The number of aromatic carboxylic acids is 1. The minimum Gasteiger partial charge on any atom is -0.504 e. The van der Waals surface area contributed by atoms with Crippen molar-refractivity contribution in [3.63, 3.8) is 0 Å². The molecule has 0 unspecified atom stereocenters. The molecule has 0 spiro atoms. The number of hydrogen-bond acceptors (Lipinski definition) is 7. The molecule has 3 aromatic rings. The number of rotatable bonds is 1. The fourth-order valence-corrected chi connectivity index (χ4v) is 2.50. The number of carboxylic acid groups (broad SMARTS) is 1. The maximum absolute atomic E-state index is 12.0. The Morgan fingerprint density at radius 1 is 1.00 bits per heavy atom. The monoisotopic (exact) mass is 318 g/mol. The van der Waals surface area contributed by atoms with Crippen molar-refractivity contribution in [3.8, 4) is 23.0 Å². The van der Waals surface area contributed by atoms with Gasteiger partial charge in [-0.1, -0.05) is 0 Å². The summed E-state index contributed by atoms with van der Waals surface area (Å²) < 4.78 is 4.95. The summed E-state index contributed by atoms with van der Waals surface area (Å²) in [6.07, 6.45) is 0. The molecule has 0 atom stereocenters. The molecular formula is C15H10O8. The number of fused-ring (bicyclic) bond motifs is 3. The van der Waals surface area contributed by atoms with Gasteiger partial charge in [0.2, 0.25) is 5.75 Å². The highest BCUT2D eigenvalue weighted by molar-refractivity contribution is 6.18. The lowest BCUT2D eigenvalue weighted by Gasteiger charge is -2.12. The van der Waals surface area contributed by atoms with Gasteiger partial charge in [-0.2, -0.15) is 0 Å². The largest absolute Gasteiger partial charge is 0.504 e. The third-order valence-electron chi connectivity index (χ3n) is 3.60. The zero-order valence-electron chi connectivity index (χ0n) is 11.6. The van der Waals surface area contributed by atoms with Crippen molar-refractivity contribution < 1.29 is 34.7 Å². The molecule has 0 amide bonds. The third kappa shape index (κ3) is 1.85. The number of aromatic hydroxyl groups is 4. The lowest BCUT2D eigenvalue weighted by atomic mass is 9.98. The summed E-state index contributed by atoms with van der Waals surface area (Å²) in [5.74, 6) is -4.42. The molecule has 3 rings (SSSR count). The standard InChI is InChI=1S/C15H10O8/c1-4-2-5(14(20)21)9-8-6(3-7(16)11(18)12(8)19)15(22)23-13(9)10(4)17/h2-3,16-19H,1H3,(H,20,21). The minimum absolute atomic E-state index is 0.153. The van der Waals surface area contributed by atoms with Gasteiger partial charge in [-0.25, -0.2) is 9.59 Å². The molecule has 0 bridgehead atoms. The summed E-state index contributed by atoms with van der Waals surface area (Å²) >= 11 is 0. The smallest absolute Gasteiger partial charge is 0.344 e. The Kier molecular flexibility index (Phi) is 2.86. The van der Waals surface area contributed by atoms with Crippen molar-refractivity contribution in [1.82, 2.24) is 0 Å². The second kappa shape index (κ2) is 4.54. The SMILES string of the molecule is Cc1cc(C(=O)O)c2c(oc(=O)c3cc(O)c(O)c(O)c32)c1O. The highest BCUT2D eigenvalue weighted by Crippen LogP contribution is 2.45. The summed E-state index contributed by atoms with van der Waals surface area (Å²) in [7, 11) is 0. The van der Waals surface area contributed by atoms with Gasteiger partial charge in [-0.15, -0.1) is 0 Å². The van der Waals surface area contributed by atoms with E-state index in [2.05, 4.69) is 0 Å². The van der Waals surface area contributed by atoms with E-state index >= 15 is 0 Å². The topological polar surface area (TPSA) is 148 Å². The van der Waals surface area contributed by atoms with E-state index < -0.39 is 40.2 Å². The van der Waals surface area contributed by atoms with Gasteiger partial charge in [-0.3, -0.25) is 0 Å². The van der Waals surface area contributed by atoms with E-state index in [0.717, 1.165) is 12.1 Å². The molecule has 0 aliphatic carbocycles. The molecule has 23 heavy (non-hydrogen) atoms. The molecule has 8 nitrogen and oxygen atoms in total. The second-order valence-corrected chi connectivity index (χ2v) is 5.00. The summed E-state index contributed by atoms with van der Waals surface area (Å²) in [5, 5.41) is 47.7. The Balaban J connectivity index is 2.78. The van der Waals surface area contributed by atoms with E-state index in [0.29, 0.717) is 0 Å². The van der Waals surface area contributed by atoms with E-state index in [-0.39, 0.29) is 27.3 Å². The van der Waals surface area contributed by atoms with Crippen LogP contribution in [0.4, 0.5) is 0 Å². The van der Waals surface area contributed by atoms with Crippen LogP contribution in [0.5, 0.6) is 23.0 Å². The molecule has 1 aromatic heterocycles. The number of aryl methyl sites for hydroxylation is 1. The maximum atomic E-state index is 12.0. The van der Waals surface area contributed by atoms with Gasteiger partial charge < -0.3 is 29.9 Å². The lowest BCUT2D eigenvalue weighted by molar-refractivity contribution is 0.0699. The van der Waals surface area contributed by atoms with Gasteiger partial charge in [0.25, 0.3) is 0 Å². The minimum atomic E-state index is -1.39.